The van der Waals surface area contributed by atoms with Crippen molar-refractivity contribution >= 4 is 0 Å². The van der Waals surface area contributed by atoms with Crippen molar-refractivity contribution < 1.29 is 0 Å². The van der Waals surface area contributed by atoms with Crippen LogP contribution in [0.3, 0.4) is 0 Å². The summed E-state index contributed by atoms with van der Waals surface area (Å²) in [6, 6.07) is 28.0. The largest absolute Gasteiger partial charge is 0.336 e. The van der Waals surface area contributed by atoms with E-state index < -0.39 is 0 Å². The number of aryl methyl sites for hydroxylation is 1. The Morgan fingerprint density at radius 1 is 0.844 bits per heavy atom. The molecule has 0 radical (unpaired) electrons. The third kappa shape index (κ3) is 4.03. The molecule has 4 aromatic rings. The first-order valence-corrected chi connectivity index (χ1v) is 10.6. The van der Waals surface area contributed by atoms with E-state index in [9.17, 15) is 14.9 Å². The molecule has 0 aliphatic rings. The first-order valence-electron chi connectivity index (χ1n) is 10.6. The van der Waals surface area contributed by atoms with Gasteiger partial charge in [0.05, 0.1) is 23.9 Å². The normalized spacial score (nSPS) is 10.6. The molecule has 0 amide bonds. The van der Waals surface area contributed by atoms with E-state index in [-0.39, 0.29) is 11.2 Å². The lowest BCUT2D eigenvalue weighted by molar-refractivity contribution is 0.632. The van der Waals surface area contributed by atoms with Crippen LogP contribution in [0.25, 0.3) is 16.8 Å². The van der Waals surface area contributed by atoms with Gasteiger partial charge in [-0.1, -0.05) is 74.0 Å². The summed E-state index contributed by atoms with van der Waals surface area (Å²) in [4.78, 5) is 26.4. The van der Waals surface area contributed by atoms with Crippen molar-refractivity contribution in [2.24, 2.45) is 0 Å². The molecule has 32 heavy (non-hydrogen) atoms. The summed E-state index contributed by atoms with van der Waals surface area (Å²) in [7, 11) is 0. The van der Waals surface area contributed by atoms with Crippen molar-refractivity contribution in [3.8, 4) is 22.9 Å². The van der Waals surface area contributed by atoms with Crippen LogP contribution in [0.5, 0.6) is 0 Å². The zero-order valence-corrected chi connectivity index (χ0v) is 17.9. The minimum atomic E-state index is -0.365. The Labute approximate surface area is 186 Å². The Morgan fingerprint density at radius 2 is 1.50 bits per heavy atom. The van der Waals surface area contributed by atoms with E-state index in [4.69, 9.17) is 0 Å². The lowest BCUT2D eigenvalue weighted by Gasteiger charge is -2.17. The molecule has 0 N–H and O–H groups in total. The van der Waals surface area contributed by atoms with Crippen LogP contribution in [0, 0.1) is 11.3 Å². The molecule has 0 bridgehead atoms. The van der Waals surface area contributed by atoms with Gasteiger partial charge in [0.2, 0.25) is 0 Å². The fraction of sp³-hybridized carbons (Fsp3) is 0.148. The second-order valence-electron chi connectivity index (χ2n) is 7.58. The van der Waals surface area contributed by atoms with Crippen LogP contribution in [0.4, 0.5) is 0 Å². The van der Waals surface area contributed by atoms with Crippen LogP contribution < -0.4 is 11.2 Å². The van der Waals surface area contributed by atoms with Crippen molar-refractivity contribution in [2.75, 3.05) is 0 Å². The summed E-state index contributed by atoms with van der Waals surface area (Å²) in [5, 5.41) is 9.57. The SMILES string of the molecule is CCCc1cc(=O)n(-c2ccccc2)c(=O)n1Cc1ccccc1-c1ccccc1C#N. The van der Waals surface area contributed by atoms with E-state index in [0.717, 1.165) is 23.1 Å². The van der Waals surface area contributed by atoms with E-state index in [0.29, 0.717) is 29.9 Å². The highest BCUT2D eigenvalue weighted by atomic mass is 16.2. The van der Waals surface area contributed by atoms with Gasteiger partial charge in [-0.3, -0.25) is 9.36 Å². The number of nitriles is 1. The maximum atomic E-state index is 13.5. The highest BCUT2D eigenvalue weighted by molar-refractivity contribution is 5.73. The molecule has 0 atom stereocenters. The Balaban J connectivity index is 1.90. The standard InChI is InChI=1S/C27H23N3O2/c1-2-10-23-17-26(31)30(22-13-4-3-5-14-22)27(32)29(23)19-21-12-7-9-16-25(21)24-15-8-6-11-20(24)18-28/h3-9,11-17H,2,10,19H2,1H3. The summed E-state index contributed by atoms with van der Waals surface area (Å²) in [6.07, 6.45) is 1.43. The number of nitrogens with zero attached hydrogens (tertiary/aromatic N) is 3. The lowest BCUT2D eigenvalue weighted by Crippen LogP contribution is -2.40. The lowest BCUT2D eigenvalue weighted by atomic mass is 9.95. The van der Waals surface area contributed by atoms with Crippen molar-refractivity contribution in [1.29, 1.82) is 5.26 Å². The second-order valence-corrected chi connectivity index (χ2v) is 7.58. The van der Waals surface area contributed by atoms with Crippen LogP contribution in [-0.4, -0.2) is 9.13 Å². The summed E-state index contributed by atoms with van der Waals surface area (Å²) < 4.78 is 2.89. The molecule has 0 aliphatic carbocycles. The smallest absolute Gasteiger partial charge is 0.293 e. The number of aromatic nitrogens is 2. The molecule has 0 spiro atoms. The van der Waals surface area contributed by atoms with E-state index >= 15 is 0 Å². The zero-order valence-electron chi connectivity index (χ0n) is 17.9. The molecule has 0 unspecified atom stereocenters. The van der Waals surface area contributed by atoms with E-state index in [2.05, 4.69) is 6.07 Å². The molecule has 1 heterocycles. The third-order valence-electron chi connectivity index (χ3n) is 5.48. The molecule has 0 aliphatic heterocycles. The molecule has 158 valence electrons. The molecule has 4 rings (SSSR count). The van der Waals surface area contributed by atoms with Crippen LogP contribution in [0.1, 0.15) is 30.2 Å². The van der Waals surface area contributed by atoms with Crippen molar-refractivity contribution in [3.63, 3.8) is 0 Å². The highest BCUT2D eigenvalue weighted by Crippen LogP contribution is 2.27. The van der Waals surface area contributed by atoms with Gasteiger partial charge in [-0.15, -0.1) is 0 Å². The van der Waals surface area contributed by atoms with E-state index in [1.807, 2.05) is 55.5 Å². The van der Waals surface area contributed by atoms with Crippen LogP contribution >= 0.6 is 0 Å². The fourth-order valence-electron chi connectivity index (χ4n) is 3.98. The molecule has 0 fully saturated rings. The maximum absolute atomic E-state index is 13.5. The Morgan fingerprint density at radius 3 is 2.22 bits per heavy atom. The summed E-state index contributed by atoms with van der Waals surface area (Å²) >= 11 is 0. The second kappa shape index (κ2) is 9.32. The zero-order chi connectivity index (χ0) is 22.5. The Kier molecular flexibility index (Phi) is 6.14. The van der Waals surface area contributed by atoms with Gasteiger partial charge in [0.1, 0.15) is 0 Å². The van der Waals surface area contributed by atoms with Gasteiger partial charge >= 0.3 is 5.69 Å². The van der Waals surface area contributed by atoms with E-state index in [1.165, 1.54) is 4.57 Å². The molecule has 1 aromatic heterocycles. The third-order valence-corrected chi connectivity index (χ3v) is 5.48. The predicted molar refractivity (Wildman–Crippen MR) is 126 cm³/mol. The summed E-state index contributed by atoms with van der Waals surface area (Å²) in [6.45, 7) is 2.33. The Hall–Kier alpha value is -4.17. The van der Waals surface area contributed by atoms with Crippen LogP contribution in [0.15, 0.2) is 94.5 Å². The first-order chi connectivity index (χ1) is 15.6. The quantitative estimate of drug-likeness (QED) is 0.459. The molecule has 5 heteroatoms. The molecule has 0 saturated heterocycles. The predicted octanol–water partition coefficient (Wildman–Crippen LogP) is 4.54. The topological polar surface area (TPSA) is 67.8 Å². The molecule has 3 aromatic carbocycles. The highest BCUT2D eigenvalue weighted by Gasteiger charge is 2.15. The maximum Gasteiger partial charge on any atom is 0.336 e. The molecule has 5 nitrogen and oxygen atoms in total. The minimum absolute atomic E-state index is 0.303. The summed E-state index contributed by atoms with van der Waals surface area (Å²) in [5.74, 6) is 0. The average molecular weight is 422 g/mol. The number of benzene rings is 3. The average Bonchev–Trinajstić information content (AvgIpc) is 2.82. The van der Waals surface area contributed by atoms with Crippen molar-refractivity contribution in [1.82, 2.24) is 9.13 Å². The van der Waals surface area contributed by atoms with Gasteiger partial charge in [0.15, 0.2) is 0 Å². The van der Waals surface area contributed by atoms with Gasteiger partial charge < -0.3 is 0 Å². The fourth-order valence-corrected chi connectivity index (χ4v) is 3.98. The van der Waals surface area contributed by atoms with Crippen LogP contribution in [-0.2, 0) is 13.0 Å². The van der Waals surface area contributed by atoms with Gasteiger partial charge in [-0.25, -0.2) is 9.36 Å². The number of rotatable bonds is 6. The molecular formula is C27H23N3O2. The van der Waals surface area contributed by atoms with Crippen molar-refractivity contribution in [3.05, 3.63) is 123 Å². The Bertz CT molecular complexity index is 1410. The van der Waals surface area contributed by atoms with Crippen molar-refractivity contribution in [2.45, 2.75) is 26.3 Å². The van der Waals surface area contributed by atoms with Gasteiger partial charge in [-0.2, -0.15) is 5.26 Å². The number of hydrogen-bond donors (Lipinski definition) is 0. The van der Waals surface area contributed by atoms with Crippen LogP contribution in [0.2, 0.25) is 0 Å². The number of para-hydroxylation sites is 1. The van der Waals surface area contributed by atoms with Gasteiger partial charge in [0.25, 0.3) is 5.56 Å². The first kappa shape index (κ1) is 21.1. The minimum Gasteiger partial charge on any atom is -0.293 e. The van der Waals surface area contributed by atoms with E-state index in [1.54, 1.807) is 41.0 Å². The molecule has 0 saturated carbocycles. The van der Waals surface area contributed by atoms with Gasteiger partial charge in [-0.05, 0) is 41.3 Å². The monoisotopic (exact) mass is 421 g/mol. The number of hydrogen-bond acceptors (Lipinski definition) is 3. The van der Waals surface area contributed by atoms with Gasteiger partial charge in [0, 0.05) is 11.8 Å². The molecular weight excluding hydrogens is 398 g/mol. The summed E-state index contributed by atoms with van der Waals surface area (Å²) in [5.41, 5.74) is 3.77.